The summed E-state index contributed by atoms with van der Waals surface area (Å²) in [4.78, 5) is 12.5. The number of hydrogen-bond acceptors (Lipinski definition) is 1. The van der Waals surface area contributed by atoms with Crippen LogP contribution < -0.4 is 5.32 Å². The van der Waals surface area contributed by atoms with E-state index in [1.165, 1.54) is 0 Å². The summed E-state index contributed by atoms with van der Waals surface area (Å²) in [7, 11) is 0. The Morgan fingerprint density at radius 2 is 1.81 bits per heavy atom. The third-order valence-corrected chi connectivity index (χ3v) is 4.12. The number of benzene rings is 2. The molecule has 2 aromatic rings. The molecule has 0 saturated heterocycles. The molecule has 0 aliphatic carbocycles. The van der Waals surface area contributed by atoms with Crippen LogP contribution in [-0.4, -0.2) is 5.91 Å². The maximum atomic E-state index is 12.5. The summed E-state index contributed by atoms with van der Waals surface area (Å²) in [6, 6.07) is 14.8. The Morgan fingerprint density at radius 1 is 1.10 bits per heavy atom. The quantitative estimate of drug-likeness (QED) is 0.876. The molecule has 0 radical (unpaired) electrons. The molecule has 1 N–H and O–H groups in total. The minimum Gasteiger partial charge on any atom is -0.351 e. The Labute approximate surface area is 135 Å². The van der Waals surface area contributed by atoms with Crippen LogP contribution in [0.1, 0.15) is 25.0 Å². The summed E-state index contributed by atoms with van der Waals surface area (Å²) in [5, 5.41) is 4.21. The predicted molar refractivity (Wildman–Crippen MR) is 87.8 cm³/mol. The van der Waals surface area contributed by atoms with Crippen molar-refractivity contribution in [2.24, 2.45) is 0 Å². The van der Waals surface area contributed by atoms with Crippen LogP contribution in [0, 0.1) is 0 Å². The topological polar surface area (TPSA) is 29.1 Å². The first kappa shape index (κ1) is 15.9. The minimum atomic E-state index is -0.661. The first-order chi connectivity index (χ1) is 9.91. The van der Waals surface area contributed by atoms with Gasteiger partial charge in [-0.3, -0.25) is 4.79 Å². The molecule has 4 heteroatoms. The fourth-order valence-electron chi connectivity index (χ4n) is 2.05. The van der Waals surface area contributed by atoms with E-state index < -0.39 is 5.41 Å². The van der Waals surface area contributed by atoms with Gasteiger partial charge in [0.1, 0.15) is 0 Å². The predicted octanol–water partition coefficient (Wildman–Crippen LogP) is 4.59. The maximum Gasteiger partial charge on any atom is 0.230 e. The van der Waals surface area contributed by atoms with Crippen LogP contribution in [0.5, 0.6) is 0 Å². The molecule has 2 nitrogen and oxygen atoms in total. The summed E-state index contributed by atoms with van der Waals surface area (Å²) in [5.41, 5.74) is 1.12. The fourth-order valence-corrected chi connectivity index (χ4v) is 2.44. The molecule has 0 aromatic heterocycles. The van der Waals surface area contributed by atoms with E-state index in [0.29, 0.717) is 16.6 Å². The van der Waals surface area contributed by atoms with Gasteiger partial charge in [-0.2, -0.15) is 0 Å². The number of rotatable bonds is 4. The molecule has 1 amide bonds. The molecule has 110 valence electrons. The Kier molecular flexibility index (Phi) is 4.92. The van der Waals surface area contributed by atoms with Gasteiger partial charge >= 0.3 is 0 Å². The van der Waals surface area contributed by atoms with Crippen molar-refractivity contribution in [3.63, 3.8) is 0 Å². The van der Waals surface area contributed by atoms with E-state index >= 15 is 0 Å². The van der Waals surface area contributed by atoms with Crippen molar-refractivity contribution in [1.29, 1.82) is 0 Å². The Bertz CT molecular complexity index is 653. The van der Waals surface area contributed by atoms with Gasteiger partial charge in [0.15, 0.2) is 0 Å². The van der Waals surface area contributed by atoms with Gasteiger partial charge in [-0.1, -0.05) is 53.5 Å². The lowest BCUT2D eigenvalue weighted by Gasteiger charge is -2.24. The highest BCUT2D eigenvalue weighted by Gasteiger charge is 2.29. The summed E-state index contributed by atoms with van der Waals surface area (Å²) < 4.78 is 0. The number of amides is 1. The van der Waals surface area contributed by atoms with Crippen molar-refractivity contribution in [2.75, 3.05) is 0 Å². The fraction of sp³-hybridized carbons (Fsp3) is 0.235. The summed E-state index contributed by atoms with van der Waals surface area (Å²) in [6.45, 7) is 4.16. The van der Waals surface area contributed by atoms with Crippen LogP contribution in [0.25, 0.3) is 0 Å². The lowest BCUT2D eigenvalue weighted by molar-refractivity contribution is -0.125. The van der Waals surface area contributed by atoms with Crippen molar-refractivity contribution < 1.29 is 4.79 Å². The van der Waals surface area contributed by atoms with Crippen molar-refractivity contribution in [3.8, 4) is 0 Å². The van der Waals surface area contributed by atoms with E-state index in [1.54, 1.807) is 6.07 Å². The van der Waals surface area contributed by atoms with Crippen LogP contribution in [-0.2, 0) is 16.8 Å². The van der Waals surface area contributed by atoms with Gasteiger partial charge in [-0.25, -0.2) is 0 Å². The molecule has 0 fully saturated rings. The van der Waals surface area contributed by atoms with Gasteiger partial charge in [0.05, 0.1) is 5.41 Å². The molecule has 0 spiro atoms. The summed E-state index contributed by atoms with van der Waals surface area (Å²) in [6.07, 6.45) is 0. The molecule has 0 bridgehead atoms. The smallest absolute Gasteiger partial charge is 0.230 e. The molecule has 0 heterocycles. The first-order valence-electron chi connectivity index (χ1n) is 6.69. The monoisotopic (exact) mass is 321 g/mol. The average molecular weight is 322 g/mol. The van der Waals surface area contributed by atoms with Crippen molar-refractivity contribution in [1.82, 2.24) is 5.32 Å². The van der Waals surface area contributed by atoms with Crippen LogP contribution >= 0.6 is 23.2 Å². The molecule has 0 aliphatic rings. The van der Waals surface area contributed by atoms with E-state index in [0.717, 1.165) is 11.1 Å². The first-order valence-corrected chi connectivity index (χ1v) is 7.44. The zero-order valence-corrected chi connectivity index (χ0v) is 13.5. The van der Waals surface area contributed by atoms with Crippen LogP contribution in [0.4, 0.5) is 0 Å². The highest BCUT2D eigenvalue weighted by molar-refractivity contribution is 6.31. The van der Waals surface area contributed by atoms with Gasteiger partial charge in [-0.15, -0.1) is 0 Å². The summed E-state index contributed by atoms with van der Waals surface area (Å²) in [5.74, 6) is -0.0651. The van der Waals surface area contributed by atoms with Crippen molar-refractivity contribution >= 4 is 29.1 Å². The van der Waals surface area contributed by atoms with Crippen LogP contribution in [0.3, 0.4) is 0 Å². The lowest BCUT2D eigenvalue weighted by atomic mass is 9.83. The number of hydrogen-bond donors (Lipinski definition) is 1. The van der Waals surface area contributed by atoms with E-state index in [1.807, 2.05) is 56.3 Å². The summed E-state index contributed by atoms with van der Waals surface area (Å²) >= 11 is 12.1. The number of nitrogens with one attached hydrogen (secondary N) is 1. The molecule has 0 atom stereocenters. The molecule has 21 heavy (non-hydrogen) atoms. The van der Waals surface area contributed by atoms with E-state index in [-0.39, 0.29) is 5.91 Å². The molecule has 2 aromatic carbocycles. The average Bonchev–Trinajstić information content (AvgIpc) is 2.46. The highest BCUT2D eigenvalue weighted by Crippen LogP contribution is 2.26. The van der Waals surface area contributed by atoms with Gasteiger partial charge in [0.2, 0.25) is 5.91 Å². The Morgan fingerprint density at radius 3 is 2.48 bits per heavy atom. The van der Waals surface area contributed by atoms with Crippen LogP contribution in [0.2, 0.25) is 10.0 Å². The van der Waals surface area contributed by atoms with Crippen molar-refractivity contribution in [2.45, 2.75) is 25.8 Å². The zero-order chi connectivity index (χ0) is 15.5. The zero-order valence-electron chi connectivity index (χ0n) is 12.0. The second-order valence-corrected chi connectivity index (χ2v) is 6.25. The number of carbonyl (C=O) groups is 1. The van der Waals surface area contributed by atoms with Gasteiger partial charge < -0.3 is 5.32 Å². The Balaban J connectivity index is 2.10. The van der Waals surface area contributed by atoms with Gasteiger partial charge in [0.25, 0.3) is 0 Å². The molecular formula is C17H17Cl2NO. The molecule has 0 unspecified atom stereocenters. The third kappa shape index (κ3) is 3.78. The second-order valence-electron chi connectivity index (χ2n) is 5.41. The number of carbonyl (C=O) groups excluding carboxylic acids is 1. The molecule has 0 aliphatic heterocycles. The van der Waals surface area contributed by atoms with E-state index in [2.05, 4.69) is 5.32 Å². The SMILES string of the molecule is CC(C)(C(=O)NCc1ccccc1Cl)c1cccc(Cl)c1. The molecular weight excluding hydrogens is 305 g/mol. The minimum absolute atomic E-state index is 0.0651. The molecule has 0 saturated carbocycles. The van der Waals surface area contributed by atoms with E-state index in [9.17, 15) is 4.79 Å². The Hall–Kier alpha value is -1.51. The van der Waals surface area contributed by atoms with Gasteiger partial charge in [-0.05, 0) is 43.2 Å². The standard InChI is InChI=1S/C17H17Cl2NO/c1-17(2,13-7-5-8-14(18)10-13)16(21)20-11-12-6-3-4-9-15(12)19/h3-10H,11H2,1-2H3,(H,20,21). The van der Waals surface area contributed by atoms with E-state index in [4.69, 9.17) is 23.2 Å². The maximum absolute atomic E-state index is 12.5. The lowest BCUT2D eigenvalue weighted by Crippen LogP contribution is -2.39. The second kappa shape index (κ2) is 6.50. The van der Waals surface area contributed by atoms with Crippen LogP contribution in [0.15, 0.2) is 48.5 Å². The molecule has 2 rings (SSSR count). The highest BCUT2D eigenvalue weighted by atomic mass is 35.5. The van der Waals surface area contributed by atoms with Crippen molar-refractivity contribution in [3.05, 3.63) is 69.7 Å². The van der Waals surface area contributed by atoms with Gasteiger partial charge in [0, 0.05) is 16.6 Å². The largest absolute Gasteiger partial charge is 0.351 e. The normalized spacial score (nSPS) is 11.2. The number of halogens is 2. The third-order valence-electron chi connectivity index (χ3n) is 3.51.